The molecule has 0 radical (unpaired) electrons. The minimum absolute atomic E-state index is 0.146. The average molecular weight is 251 g/mol. The highest BCUT2D eigenvalue weighted by Crippen LogP contribution is 2.16. The standard InChI is InChI=1S/C12H18N4O2/c1-16(2,4-3-5-17)7-9-6-13-11-10(9)14-8-15-12(11)18/h6,8,17H,3-5,7H2,1-2H3,(H-,13,14,15,18)/p+1. The Morgan fingerprint density at radius 2 is 2.17 bits per heavy atom. The highest BCUT2D eigenvalue weighted by Gasteiger charge is 2.19. The number of H-pyrrole nitrogens is 2. The number of hydrogen-bond acceptors (Lipinski definition) is 3. The van der Waals surface area contributed by atoms with Gasteiger partial charge in [-0.25, -0.2) is 4.98 Å². The molecule has 0 fully saturated rings. The number of nitrogens with zero attached hydrogens (tertiary/aromatic N) is 2. The molecule has 98 valence electrons. The molecule has 0 bridgehead atoms. The molecular weight excluding hydrogens is 232 g/mol. The van der Waals surface area contributed by atoms with E-state index in [1.807, 2.05) is 6.20 Å². The van der Waals surface area contributed by atoms with Crippen molar-refractivity contribution in [1.82, 2.24) is 15.0 Å². The number of quaternary nitrogens is 1. The fourth-order valence-corrected chi connectivity index (χ4v) is 2.16. The van der Waals surface area contributed by atoms with Crippen molar-refractivity contribution in [3.05, 3.63) is 28.4 Å². The number of fused-ring (bicyclic) bond motifs is 1. The van der Waals surface area contributed by atoms with Crippen molar-refractivity contribution in [2.24, 2.45) is 0 Å². The molecule has 0 unspecified atom stereocenters. The number of aliphatic hydroxyl groups is 1. The van der Waals surface area contributed by atoms with E-state index in [1.165, 1.54) is 6.33 Å². The highest BCUT2D eigenvalue weighted by atomic mass is 16.3. The summed E-state index contributed by atoms with van der Waals surface area (Å²) in [5.41, 5.74) is 2.13. The molecule has 0 saturated heterocycles. The maximum absolute atomic E-state index is 11.6. The lowest BCUT2D eigenvalue weighted by atomic mass is 10.2. The minimum Gasteiger partial charge on any atom is -0.396 e. The van der Waals surface area contributed by atoms with Gasteiger partial charge >= 0.3 is 0 Å². The van der Waals surface area contributed by atoms with E-state index in [2.05, 4.69) is 29.0 Å². The van der Waals surface area contributed by atoms with Gasteiger partial charge in [0.2, 0.25) is 0 Å². The van der Waals surface area contributed by atoms with Crippen molar-refractivity contribution in [1.29, 1.82) is 0 Å². The van der Waals surface area contributed by atoms with Crippen LogP contribution in [0.25, 0.3) is 11.0 Å². The molecule has 0 aliphatic carbocycles. The Morgan fingerprint density at radius 3 is 2.89 bits per heavy atom. The number of rotatable bonds is 5. The van der Waals surface area contributed by atoms with E-state index in [-0.39, 0.29) is 12.2 Å². The van der Waals surface area contributed by atoms with E-state index in [0.29, 0.717) is 5.52 Å². The summed E-state index contributed by atoms with van der Waals surface area (Å²) in [6, 6.07) is 0. The van der Waals surface area contributed by atoms with Crippen molar-refractivity contribution < 1.29 is 9.59 Å². The van der Waals surface area contributed by atoms with Gasteiger partial charge in [-0.1, -0.05) is 0 Å². The Hall–Kier alpha value is -1.66. The van der Waals surface area contributed by atoms with Crippen LogP contribution in [0.4, 0.5) is 0 Å². The summed E-state index contributed by atoms with van der Waals surface area (Å²) in [7, 11) is 4.20. The molecule has 3 N–H and O–H groups in total. The van der Waals surface area contributed by atoms with Crippen LogP contribution in [-0.4, -0.2) is 51.8 Å². The van der Waals surface area contributed by atoms with E-state index in [9.17, 15) is 4.79 Å². The van der Waals surface area contributed by atoms with Crippen LogP contribution in [0.2, 0.25) is 0 Å². The molecule has 6 heteroatoms. The summed E-state index contributed by atoms with van der Waals surface area (Å²) in [6.45, 7) is 1.86. The van der Waals surface area contributed by atoms with Gasteiger partial charge in [0, 0.05) is 19.2 Å². The smallest absolute Gasteiger partial charge is 0.275 e. The predicted octanol–water partition coefficient (Wildman–Crippen LogP) is 0.210. The van der Waals surface area contributed by atoms with Crippen LogP contribution < -0.4 is 5.56 Å². The molecular formula is C12H19N4O2+. The van der Waals surface area contributed by atoms with Gasteiger partial charge in [0.15, 0.2) is 0 Å². The molecule has 2 aromatic rings. The van der Waals surface area contributed by atoms with Crippen LogP contribution in [0.5, 0.6) is 0 Å². The first-order valence-electron chi connectivity index (χ1n) is 6.00. The van der Waals surface area contributed by atoms with E-state index >= 15 is 0 Å². The highest BCUT2D eigenvalue weighted by molar-refractivity contribution is 5.77. The van der Waals surface area contributed by atoms with Crippen LogP contribution in [0.15, 0.2) is 17.3 Å². The summed E-state index contributed by atoms with van der Waals surface area (Å²) in [5, 5.41) is 8.89. The lowest BCUT2D eigenvalue weighted by Crippen LogP contribution is -2.39. The molecule has 6 nitrogen and oxygen atoms in total. The third-order valence-corrected chi connectivity index (χ3v) is 3.07. The number of aromatic amines is 2. The van der Waals surface area contributed by atoms with Gasteiger partial charge < -0.3 is 19.6 Å². The van der Waals surface area contributed by atoms with E-state index in [4.69, 9.17) is 5.11 Å². The van der Waals surface area contributed by atoms with Crippen LogP contribution in [-0.2, 0) is 6.54 Å². The largest absolute Gasteiger partial charge is 0.396 e. The summed E-state index contributed by atoms with van der Waals surface area (Å²) < 4.78 is 0.752. The number of nitrogens with one attached hydrogen (secondary N) is 2. The zero-order chi connectivity index (χ0) is 13.2. The monoisotopic (exact) mass is 251 g/mol. The third kappa shape index (κ3) is 2.60. The topological polar surface area (TPSA) is 81.8 Å². The van der Waals surface area contributed by atoms with Crippen LogP contribution >= 0.6 is 0 Å². The third-order valence-electron chi connectivity index (χ3n) is 3.07. The van der Waals surface area contributed by atoms with Gasteiger partial charge in [0.05, 0.1) is 32.5 Å². The van der Waals surface area contributed by atoms with Gasteiger partial charge in [0.25, 0.3) is 5.56 Å². The van der Waals surface area contributed by atoms with Crippen LogP contribution in [0.1, 0.15) is 12.0 Å². The second kappa shape index (κ2) is 4.91. The first kappa shape index (κ1) is 12.8. The second-order valence-electron chi connectivity index (χ2n) is 5.16. The number of aromatic nitrogens is 3. The lowest BCUT2D eigenvalue weighted by molar-refractivity contribution is -0.903. The SMILES string of the molecule is C[N+](C)(CCCO)Cc1c[nH]c2c(=O)[nH]cnc12. The molecule has 0 aromatic carbocycles. The van der Waals surface area contributed by atoms with Crippen molar-refractivity contribution >= 4 is 11.0 Å². The van der Waals surface area contributed by atoms with Crippen LogP contribution in [0.3, 0.4) is 0 Å². The molecule has 2 rings (SSSR count). The summed E-state index contributed by atoms with van der Waals surface area (Å²) >= 11 is 0. The minimum atomic E-state index is -0.146. The molecule has 0 saturated carbocycles. The van der Waals surface area contributed by atoms with Crippen LogP contribution in [0, 0.1) is 0 Å². The fourth-order valence-electron chi connectivity index (χ4n) is 2.16. The quantitative estimate of drug-likeness (QED) is 0.664. The maximum atomic E-state index is 11.6. The summed E-state index contributed by atoms with van der Waals surface area (Å²) in [6.07, 6.45) is 4.03. The van der Waals surface area contributed by atoms with E-state index < -0.39 is 0 Å². The zero-order valence-corrected chi connectivity index (χ0v) is 10.7. The number of aliphatic hydroxyl groups excluding tert-OH is 1. The zero-order valence-electron chi connectivity index (χ0n) is 10.7. The normalized spacial score (nSPS) is 12.2. The summed E-state index contributed by atoms with van der Waals surface area (Å²) in [5.74, 6) is 0. The molecule has 0 aliphatic heterocycles. The van der Waals surface area contributed by atoms with Gasteiger partial charge in [0.1, 0.15) is 17.6 Å². The van der Waals surface area contributed by atoms with E-state index in [1.54, 1.807) is 0 Å². The number of hydrogen-bond donors (Lipinski definition) is 3. The van der Waals surface area contributed by atoms with Gasteiger partial charge in [-0.15, -0.1) is 0 Å². The molecule has 2 heterocycles. The second-order valence-corrected chi connectivity index (χ2v) is 5.16. The Labute approximate surface area is 105 Å². The van der Waals surface area contributed by atoms with Gasteiger partial charge in [-0.3, -0.25) is 4.79 Å². The van der Waals surface area contributed by atoms with Gasteiger partial charge in [-0.05, 0) is 0 Å². The van der Waals surface area contributed by atoms with Crippen molar-refractivity contribution in [3.8, 4) is 0 Å². The molecule has 0 amide bonds. The Balaban J connectivity index is 2.27. The first-order valence-corrected chi connectivity index (χ1v) is 6.00. The molecule has 0 spiro atoms. The Morgan fingerprint density at radius 1 is 1.39 bits per heavy atom. The molecule has 0 atom stereocenters. The van der Waals surface area contributed by atoms with Crippen molar-refractivity contribution in [2.45, 2.75) is 13.0 Å². The molecule has 18 heavy (non-hydrogen) atoms. The molecule has 2 aromatic heterocycles. The average Bonchev–Trinajstić information content (AvgIpc) is 2.71. The summed E-state index contributed by atoms with van der Waals surface area (Å²) in [4.78, 5) is 21.3. The lowest BCUT2D eigenvalue weighted by Gasteiger charge is -2.29. The Kier molecular flexibility index (Phi) is 3.49. The van der Waals surface area contributed by atoms with Crippen molar-refractivity contribution in [3.63, 3.8) is 0 Å². The Bertz CT molecular complexity index is 585. The first-order chi connectivity index (χ1) is 8.53. The van der Waals surface area contributed by atoms with Crippen molar-refractivity contribution in [2.75, 3.05) is 27.2 Å². The van der Waals surface area contributed by atoms with E-state index in [0.717, 1.165) is 35.1 Å². The molecule has 0 aliphatic rings. The maximum Gasteiger partial charge on any atom is 0.275 e. The predicted molar refractivity (Wildman–Crippen MR) is 69.1 cm³/mol. The van der Waals surface area contributed by atoms with Gasteiger partial charge in [-0.2, -0.15) is 0 Å². The fraction of sp³-hybridized carbons (Fsp3) is 0.500.